The van der Waals surface area contributed by atoms with Gasteiger partial charge in [0, 0.05) is 5.69 Å². The number of carbonyl (C=O) groups is 1. The number of halogens is 2. The summed E-state index contributed by atoms with van der Waals surface area (Å²) in [4.78, 5) is 12.6. The van der Waals surface area contributed by atoms with Crippen molar-refractivity contribution < 1.29 is 23.0 Å². The molecule has 3 aromatic rings. The van der Waals surface area contributed by atoms with E-state index in [1.54, 1.807) is 18.2 Å². The summed E-state index contributed by atoms with van der Waals surface area (Å²) in [6.07, 6.45) is 1.45. The van der Waals surface area contributed by atoms with Gasteiger partial charge in [0.1, 0.15) is 6.33 Å². The Bertz CT molecular complexity index is 948. The Hall–Kier alpha value is -3.56. The number of hydrogen-bond donors (Lipinski definition) is 1. The lowest BCUT2D eigenvalue weighted by Crippen LogP contribution is -2.16. The average molecular weight is 375 g/mol. The first-order valence-electron chi connectivity index (χ1n) is 7.76. The monoisotopic (exact) mass is 375 g/mol. The zero-order valence-electron chi connectivity index (χ0n) is 14.4. The lowest BCUT2D eigenvalue weighted by atomic mass is 10.1. The predicted molar refractivity (Wildman–Crippen MR) is 91.5 cm³/mol. The van der Waals surface area contributed by atoms with Crippen molar-refractivity contribution in [1.29, 1.82) is 0 Å². The molecule has 0 aliphatic rings. The second kappa shape index (κ2) is 7.77. The van der Waals surface area contributed by atoms with Gasteiger partial charge in [0.05, 0.1) is 18.4 Å². The van der Waals surface area contributed by atoms with Gasteiger partial charge in [-0.15, -0.1) is 5.10 Å². The SMILES string of the molecule is COc1cccc(C(=O)Nc2ccc(-n3cnnn3)c(C)c2)c1OC(F)F. The van der Waals surface area contributed by atoms with Crippen LogP contribution < -0.4 is 14.8 Å². The number of ether oxygens (including phenoxy) is 2. The number of aryl methyl sites for hydroxylation is 1. The topological polar surface area (TPSA) is 91.2 Å². The summed E-state index contributed by atoms with van der Waals surface area (Å²) in [7, 11) is 1.30. The number of carbonyl (C=O) groups excluding carboxylic acids is 1. The highest BCUT2D eigenvalue weighted by atomic mass is 19.3. The summed E-state index contributed by atoms with van der Waals surface area (Å²) in [5.74, 6) is -0.901. The molecule has 0 aliphatic heterocycles. The summed E-state index contributed by atoms with van der Waals surface area (Å²) in [5.41, 5.74) is 1.94. The molecule has 1 heterocycles. The van der Waals surface area contributed by atoms with E-state index in [4.69, 9.17) is 4.74 Å². The number of aromatic nitrogens is 4. The van der Waals surface area contributed by atoms with Gasteiger partial charge in [0.15, 0.2) is 11.5 Å². The number of hydrogen-bond acceptors (Lipinski definition) is 6. The van der Waals surface area contributed by atoms with Gasteiger partial charge < -0.3 is 14.8 Å². The molecule has 27 heavy (non-hydrogen) atoms. The first kappa shape index (κ1) is 18.2. The van der Waals surface area contributed by atoms with Crippen molar-refractivity contribution in [3.05, 3.63) is 53.9 Å². The number of nitrogens with one attached hydrogen (secondary N) is 1. The van der Waals surface area contributed by atoms with E-state index in [-0.39, 0.29) is 17.1 Å². The Morgan fingerprint density at radius 3 is 2.70 bits per heavy atom. The maximum Gasteiger partial charge on any atom is 0.387 e. The van der Waals surface area contributed by atoms with E-state index in [1.807, 2.05) is 6.92 Å². The van der Waals surface area contributed by atoms with Gasteiger partial charge in [-0.3, -0.25) is 4.79 Å². The maximum absolute atomic E-state index is 12.7. The van der Waals surface area contributed by atoms with Crippen LogP contribution in [0.3, 0.4) is 0 Å². The highest BCUT2D eigenvalue weighted by Gasteiger charge is 2.20. The van der Waals surface area contributed by atoms with Crippen LogP contribution in [0.4, 0.5) is 14.5 Å². The molecule has 1 N–H and O–H groups in total. The van der Waals surface area contributed by atoms with Crippen LogP contribution in [0.5, 0.6) is 11.5 Å². The largest absolute Gasteiger partial charge is 0.493 e. The van der Waals surface area contributed by atoms with Crippen LogP contribution in [0.2, 0.25) is 0 Å². The van der Waals surface area contributed by atoms with Crippen molar-refractivity contribution in [3.63, 3.8) is 0 Å². The molecule has 0 radical (unpaired) electrons. The Kier molecular flexibility index (Phi) is 5.25. The van der Waals surface area contributed by atoms with Crippen molar-refractivity contribution in [2.45, 2.75) is 13.5 Å². The van der Waals surface area contributed by atoms with Crippen LogP contribution in [0.15, 0.2) is 42.7 Å². The molecule has 0 atom stereocenters. The van der Waals surface area contributed by atoms with Gasteiger partial charge in [0.25, 0.3) is 5.91 Å². The third kappa shape index (κ3) is 4.00. The third-order valence-electron chi connectivity index (χ3n) is 3.70. The summed E-state index contributed by atoms with van der Waals surface area (Å²) in [5, 5.41) is 13.6. The number of alkyl halides is 2. The normalized spacial score (nSPS) is 10.7. The molecule has 140 valence electrons. The Morgan fingerprint density at radius 2 is 2.07 bits per heavy atom. The van der Waals surface area contributed by atoms with E-state index in [0.29, 0.717) is 5.69 Å². The fraction of sp³-hybridized carbons (Fsp3) is 0.176. The molecule has 2 aromatic carbocycles. The number of nitrogens with zero attached hydrogens (tertiary/aromatic N) is 4. The average Bonchev–Trinajstić information content (AvgIpc) is 3.15. The number of rotatable bonds is 6. The maximum atomic E-state index is 12.7. The Labute approximate surface area is 152 Å². The molecular weight excluding hydrogens is 360 g/mol. The van der Waals surface area contributed by atoms with Crippen LogP contribution in [0, 0.1) is 6.92 Å². The Balaban J connectivity index is 1.87. The molecule has 0 unspecified atom stereocenters. The summed E-state index contributed by atoms with van der Waals surface area (Å²) in [6.45, 7) is -1.27. The van der Waals surface area contributed by atoms with Crippen LogP contribution in [0.25, 0.3) is 5.69 Å². The standard InChI is InChI=1S/C17H15F2N5O3/c1-10-8-11(6-7-13(10)24-9-20-22-23-24)21-16(25)12-4-3-5-14(26-2)15(12)27-17(18)19/h3-9,17H,1-2H3,(H,21,25). The number of para-hydroxylation sites is 1. The smallest absolute Gasteiger partial charge is 0.387 e. The Morgan fingerprint density at radius 1 is 1.26 bits per heavy atom. The molecule has 0 fully saturated rings. The van der Waals surface area contributed by atoms with Crippen molar-refractivity contribution in [2.75, 3.05) is 12.4 Å². The van der Waals surface area contributed by atoms with E-state index < -0.39 is 12.5 Å². The number of anilines is 1. The quantitative estimate of drug-likeness (QED) is 0.712. The molecule has 3 rings (SSSR count). The molecule has 1 amide bonds. The van der Waals surface area contributed by atoms with Crippen molar-refractivity contribution in [3.8, 4) is 17.2 Å². The zero-order valence-corrected chi connectivity index (χ0v) is 14.4. The van der Waals surface area contributed by atoms with Gasteiger partial charge in [-0.25, -0.2) is 4.68 Å². The van der Waals surface area contributed by atoms with E-state index in [2.05, 4.69) is 25.6 Å². The zero-order chi connectivity index (χ0) is 19.4. The van der Waals surface area contributed by atoms with Crippen LogP contribution in [-0.2, 0) is 0 Å². The molecule has 10 heteroatoms. The van der Waals surface area contributed by atoms with E-state index in [0.717, 1.165) is 11.3 Å². The van der Waals surface area contributed by atoms with Crippen molar-refractivity contribution >= 4 is 11.6 Å². The van der Waals surface area contributed by atoms with Crippen LogP contribution >= 0.6 is 0 Å². The summed E-state index contributed by atoms with van der Waals surface area (Å²) < 4.78 is 36.4. The summed E-state index contributed by atoms with van der Waals surface area (Å²) in [6, 6.07) is 9.40. The number of tetrazole rings is 1. The molecule has 0 saturated carbocycles. The van der Waals surface area contributed by atoms with Crippen LogP contribution in [0.1, 0.15) is 15.9 Å². The highest BCUT2D eigenvalue weighted by molar-refractivity contribution is 6.06. The molecule has 0 aliphatic carbocycles. The second-order valence-electron chi connectivity index (χ2n) is 5.43. The summed E-state index contributed by atoms with van der Waals surface area (Å²) >= 11 is 0. The minimum Gasteiger partial charge on any atom is -0.493 e. The third-order valence-corrected chi connectivity index (χ3v) is 3.70. The predicted octanol–water partition coefficient (Wildman–Crippen LogP) is 2.83. The minimum absolute atomic E-state index is 0.0353. The molecular formula is C17H15F2N5O3. The molecule has 0 saturated heterocycles. The van der Waals surface area contributed by atoms with Gasteiger partial charge in [-0.05, 0) is 53.2 Å². The number of methoxy groups -OCH3 is 1. The molecule has 8 nitrogen and oxygen atoms in total. The van der Waals surface area contributed by atoms with E-state index in [9.17, 15) is 13.6 Å². The fourth-order valence-electron chi connectivity index (χ4n) is 2.53. The molecule has 1 aromatic heterocycles. The second-order valence-corrected chi connectivity index (χ2v) is 5.43. The van der Waals surface area contributed by atoms with Gasteiger partial charge >= 0.3 is 6.61 Å². The molecule has 0 bridgehead atoms. The van der Waals surface area contributed by atoms with E-state index in [1.165, 1.54) is 36.3 Å². The fourth-order valence-corrected chi connectivity index (χ4v) is 2.53. The first-order chi connectivity index (χ1) is 13.0. The van der Waals surface area contributed by atoms with Gasteiger partial charge in [-0.1, -0.05) is 6.07 Å². The highest BCUT2D eigenvalue weighted by Crippen LogP contribution is 2.33. The van der Waals surface area contributed by atoms with Crippen molar-refractivity contribution in [2.24, 2.45) is 0 Å². The van der Waals surface area contributed by atoms with E-state index >= 15 is 0 Å². The van der Waals surface area contributed by atoms with Gasteiger partial charge in [0.2, 0.25) is 0 Å². The number of amides is 1. The minimum atomic E-state index is -3.09. The van der Waals surface area contributed by atoms with Gasteiger partial charge in [-0.2, -0.15) is 8.78 Å². The first-order valence-corrected chi connectivity index (χ1v) is 7.76. The number of benzene rings is 2. The lowest BCUT2D eigenvalue weighted by molar-refractivity contribution is -0.0515. The van der Waals surface area contributed by atoms with Crippen molar-refractivity contribution in [1.82, 2.24) is 20.2 Å². The lowest BCUT2D eigenvalue weighted by Gasteiger charge is -2.15. The molecule has 0 spiro atoms. The van der Waals surface area contributed by atoms with Crippen LogP contribution in [-0.4, -0.2) is 39.8 Å².